The highest BCUT2D eigenvalue weighted by Gasteiger charge is 2.40. The first-order valence-electron chi connectivity index (χ1n) is 16.9. The van der Waals surface area contributed by atoms with Gasteiger partial charge in [0.1, 0.15) is 29.5 Å². The van der Waals surface area contributed by atoms with Gasteiger partial charge in [-0.05, 0) is 65.3 Å². The van der Waals surface area contributed by atoms with Gasteiger partial charge in [0.05, 0.1) is 14.2 Å². The van der Waals surface area contributed by atoms with Crippen LogP contribution in [0.25, 0.3) is 11.5 Å². The zero-order chi connectivity index (χ0) is 37.5. The topological polar surface area (TPSA) is 154 Å². The molecule has 2 aromatic heterocycles. The van der Waals surface area contributed by atoms with Crippen molar-refractivity contribution in [2.45, 2.75) is 78.7 Å². The summed E-state index contributed by atoms with van der Waals surface area (Å²) in [7, 11) is 3.04. The Kier molecular flexibility index (Phi) is 12.5. The van der Waals surface area contributed by atoms with E-state index in [4.69, 9.17) is 23.4 Å². The third-order valence-corrected chi connectivity index (χ3v) is 7.83. The molecule has 1 aromatic carbocycles. The minimum Gasteiger partial charge on any atom is -0.497 e. The Bertz CT molecular complexity index is 1680. The highest BCUT2D eigenvalue weighted by atomic mass is 16.6. The summed E-state index contributed by atoms with van der Waals surface area (Å²) in [6.45, 7) is 13.2. The minimum absolute atomic E-state index is 0.00579. The molecule has 0 spiro atoms. The molecule has 0 aliphatic carbocycles. The molecule has 0 radical (unpaired) electrons. The van der Waals surface area contributed by atoms with Crippen molar-refractivity contribution in [2.24, 2.45) is 0 Å². The molecular formula is C37H49N5O9. The number of esters is 1. The number of methoxy groups -OCH3 is 2. The fraction of sp³-hybridized carbons (Fsp3) is 0.514. The van der Waals surface area contributed by atoms with Crippen LogP contribution < -0.4 is 14.4 Å². The van der Waals surface area contributed by atoms with E-state index < -0.39 is 35.1 Å². The van der Waals surface area contributed by atoms with E-state index in [1.54, 1.807) is 94.5 Å². The van der Waals surface area contributed by atoms with E-state index in [2.05, 4.69) is 9.97 Å². The Labute approximate surface area is 299 Å². The second-order valence-corrected chi connectivity index (χ2v) is 14.1. The van der Waals surface area contributed by atoms with Crippen LogP contribution in [0.2, 0.25) is 0 Å². The number of hydrogen-bond donors (Lipinski definition) is 0. The summed E-state index contributed by atoms with van der Waals surface area (Å²) < 4.78 is 28.2. The number of hydrogen-bond acceptors (Lipinski definition) is 13. The maximum Gasteiger partial charge on any atom is 0.410 e. The molecule has 14 heteroatoms. The third kappa shape index (κ3) is 10.5. The van der Waals surface area contributed by atoms with Crippen molar-refractivity contribution < 1.29 is 42.5 Å². The van der Waals surface area contributed by atoms with Gasteiger partial charge in [0.2, 0.25) is 23.4 Å². The zero-order valence-electron chi connectivity index (χ0n) is 31.0. The lowest BCUT2D eigenvalue weighted by Crippen LogP contribution is -2.57. The second kappa shape index (κ2) is 16.4. The lowest BCUT2D eigenvalue weighted by Gasteiger charge is -2.38. The van der Waals surface area contributed by atoms with Crippen LogP contribution in [-0.2, 0) is 25.6 Å². The Morgan fingerprint density at radius 3 is 2.12 bits per heavy atom. The smallest absolute Gasteiger partial charge is 0.410 e. The predicted molar refractivity (Wildman–Crippen MR) is 189 cm³/mol. The van der Waals surface area contributed by atoms with Crippen molar-refractivity contribution in [3.63, 3.8) is 0 Å². The number of anilines is 1. The molecule has 1 saturated heterocycles. The van der Waals surface area contributed by atoms with Crippen LogP contribution in [0.3, 0.4) is 0 Å². The highest BCUT2D eigenvalue weighted by Crippen LogP contribution is 2.33. The van der Waals surface area contributed by atoms with Crippen molar-refractivity contribution >= 4 is 29.5 Å². The van der Waals surface area contributed by atoms with E-state index >= 15 is 0 Å². The van der Waals surface area contributed by atoms with E-state index in [1.807, 2.05) is 12.1 Å². The van der Waals surface area contributed by atoms with Crippen LogP contribution >= 0.6 is 0 Å². The second-order valence-electron chi connectivity index (χ2n) is 14.1. The van der Waals surface area contributed by atoms with Crippen molar-refractivity contribution in [1.82, 2.24) is 19.8 Å². The van der Waals surface area contributed by atoms with Gasteiger partial charge >= 0.3 is 12.1 Å². The number of piperazine rings is 1. The first kappa shape index (κ1) is 38.8. The summed E-state index contributed by atoms with van der Waals surface area (Å²) in [4.78, 5) is 68.1. The Morgan fingerprint density at radius 1 is 0.902 bits per heavy atom. The summed E-state index contributed by atoms with van der Waals surface area (Å²) in [5.41, 5.74) is -0.322. The van der Waals surface area contributed by atoms with Crippen molar-refractivity contribution in [3.05, 3.63) is 53.9 Å². The lowest BCUT2D eigenvalue weighted by molar-refractivity contribution is -0.153. The van der Waals surface area contributed by atoms with Crippen LogP contribution in [0.1, 0.15) is 70.9 Å². The Morgan fingerprint density at radius 2 is 1.55 bits per heavy atom. The van der Waals surface area contributed by atoms with Gasteiger partial charge in [0, 0.05) is 57.0 Å². The number of ether oxygens (including phenoxy) is 4. The van der Waals surface area contributed by atoms with Gasteiger partial charge < -0.3 is 33.2 Å². The van der Waals surface area contributed by atoms with Gasteiger partial charge in [-0.3, -0.25) is 19.3 Å². The van der Waals surface area contributed by atoms with E-state index in [0.717, 1.165) is 5.56 Å². The molecule has 1 fully saturated rings. The number of ketones is 2. The molecule has 1 aliphatic rings. The SMILES string of the molecule is CCC(=O)C(C(=O)c1nc(-c2ccnc(OC)c2)oc1N(CC(=O)OC(C)(C)C)Cc1ccc(OC)cc1)N1CCN(C(=O)OC(C)(C)C)CC1. The van der Waals surface area contributed by atoms with Crippen molar-refractivity contribution in [1.29, 1.82) is 0 Å². The monoisotopic (exact) mass is 707 g/mol. The largest absolute Gasteiger partial charge is 0.497 e. The summed E-state index contributed by atoms with van der Waals surface area (Å²) in [5.74, 6) is -0.467. The standard InChI is InChI=1S/C37H49N5O9/c1-10-27(43)31(40-17-19-41(20-18-40)35(46)51-37(5,6)7)32(45)30-34(49-33(39-30)25-15-16-38-28(21-25)48-9)42(23-29(44)50-36(2,3)4)22-24-11-13-26(47-8)14-12-24/h11-16,21,31H,10,17-20,22-23H2,1-9H3. The van der Waals surface area contributed by atoms with Crippen LogP contribution in [0.4, 0.5) is 10.7 Å². The number of oxazole rings is 1. The third-order valence-electron chi connectivity index (χ3n) is 7.83. The molecule has 1 amide bonds. The van der Waals surface area contributed by atoms with Gasteiger partial charge in [-0.15, -0.1) is 0 Å². The number of aromatic nitrogens is 2. The number of benzene rings is 1. The average Bonchev–Trinajstić information content (AvgIpc) is 3.53. The van der Waals surface area contributed by atoms with Crippen molar-refractivity contribution in [3.8, 4) is 23.1 Å². The lowest BCUT2D eigenvalue weighted by atomic mass is 10.00. The fourth-order valence-electron chi connectivity index (χ4n) is 5.47. The number of carbonyl (C=O) groups is 4. The van der Waals surface area contributed by atoms with Gasteiger partial charge in [0.15, 0.2) is 11.5 Å². The molecule has 51 heavy (non-hydrogen) atoms. The molecule has 276 valence electrons. The van der Waals surface area contributed by atoms with Crippen LogP contribution in [0.5, 0.6) is 11.6 Å². The molecule has 1 aliphatic heterocycles. The quantitative estimate of drug-likeness (QED) is 0.130. The van der Waals surface area contributed by atoms with Crippen LogP contribution in [0.15, 0.2) is 47.0 Å². The molecule has 1 atom stereocenters. The highest BCUT2D eigenvalue weighted by molar-refractivity contribution is 6.15. The fourth-order valence-corrected chi connectivity index (χ4v) is 5.47. The molecule has 0 saturated carbocycles. The van der Waals surface area contributed by atoms with E-state index in [9.17, 15) is 19.2 Å². The summed E-state index contributed by atoms with van der Waals surface area (Å²) >= 11 is 0. The van der Waals surface area contributed by atoms with E-state index in [0.29, 0.717) is 17.2 Å². The number of Topliss-reactive ketones (excluding diaryl/α,β-unsaturated/α-hetero) is 2. The molecule has 1 unspecified atom stereocenters. The molecule has 14 nitrogen and oxygen atoms in total. The first-order valence-corrected chi connectivity index (χ1v) is 16.9. The zero-order valence-corrected chi connectivity index (χ0v) is 31.0. The van der Waals surface area contributed by atoms with E-state index in [-0.39, 0.29) is 68.9 Å². The average molecular weight is 708 g/mol. The number of rotatable bonds is 13. The van der Waals surface area contributed by atoms with Gasteiger partial charge in [-0.25, -0.2) is 14.8 Å². The first-order chi connectivity index (χ1) is 24.0. The number of pyridine rings is 1. The predicted octanol–water partition coefficient (Wildman–Crippen LogP) is 5.19. The van der Waals surface area contributed by atoms with Crippen molar-refractivity contribution in [2.75, 3.05) is 51.8 Å². The van der Waals surface area contributed by atoms with E-state index in [1.165, 1.54) is 13.3 Å². The molecule has 3 aromatic rings. The maximum absolute atomic E-state index is 14.7. The minimum atomic E-state index is -1.22. The van der Waals surface area contributed by atoms with Gasteiger partial charge in [-0.2, -0.15) is 0 Å². The number of nitrogens with zero attached hydrogens (tertiary/aromatic N) is 5. The van der Waals surface area contributed by atoms with Gasteiger partial charge in [-0.1, -0.05) is 19.1 Å². The Balaban J connectivity index is 1.78. The summed E-state index contributed by atoms with van der Waals surface area (Å²) in [6, 6.07) is 9.28. The summed E-state index contributed by atoms with van der Waals surface area (Å²) in [6.07, 6.45) is 1.14. The summed E-state index contributed by atoms with van der Waals surface area (Å²) in [5, 5.41) is 0. The van der Waals surface area contributed by atoms with Crippen LogP contribution in [0, 0.1) is 0 Å². The van der Waals surface area contributed by atoms with Crippen LogP contribution in [-0.4, -0.2) is 108 Å². The normalized spacial score (nSPS) is 14.4. The molecular weight excluding hydrogens is 658 g/mol. The molecule has 0 bridgehead atoms. The molecule has 0 N–H and O–H groups in total. The van der Waals surface area contributed by atoms with Gasteiger partial charge in [0.25, 0.3) is 0 Å². The number of carbonyl (C=O) groups excluding carboxylic acids is 4. The maximum atomic E-state index is 14.7. The Hall–Kier alpha value is -4.98. The number of amides is 1. The molecule has 4 rings (SSSR count). The molecule has 3 heterocycles.